The second-order valence-electron chi connectivity index (χ2n) is 7.25. The summed E-state index contributed by atoms with van der Waals surface area (Å²) in [6.07, 6.45) is 2.28. The Morgan fingerprint density at radius 3 is 2.23 bits per heavy atom. The number of ether oxygens (including phenoxy) is 2. The van der Waals surface area contributed by atoms with Crippen molar-refractivity contribution in [1.82, 2.24) is 9.88 Å². The lowest BCUT2D eigenvalue weighted by molar-refractivity contribution is 0.0729. The molecule has 1 aliphatic rings. The number of hydrogen-bond acceptors (Lipinski definition) is 4. The average Bonchev–Trinajstić information content (AvgIpc) is 3.29. The van der Waals surface area contributed by atoms with E-state index < -0.39 is 0 Å². The molecule has 3 aromatic rings. The maximum absolute atomic E-state index is 13.3. The Balaban J connectivity index is 1.54. The fourth-order valence-corrected chi connectivity index (χ4v) is 3.59. The third-order valence-corrected chi connectivity index (χ3v) is 5.21. The van der Waals surface area contributed by atoms with E-state index in [-0.39, 0.29) is 12.0 Å². The van der Waals surface area contributed by atoms with E-state index in [1.807, 2.05) is 60.7 Å². The SMILES string of the molecule is O=C(c1cnc(OC2CCOC2)c(Cl)c1)N(Cc1ccccc1)Cc1ccccc1. The van der Waals surface area contributed by atoms with Gasteiger partial charge in [0.25, 0.3) is 5.91 Å². The molecule has 1 amide bonds. The van der Waals surface area contributed by atoms with Crippen molar-refractivity contribution < 1.29 is 14.3 Å². The summed E-state index contributed by atoms with van der Waals surface area (Å²) in [5.41, 5.74) is 2.55. The number of pyridine rings is 1. The predicted molar refractivity (Wildman–Crippen MR) is 116 cm³/mol. The highest BCUT2D eigenvalue weighted by Crippen LogP contribution is 2.26. The van der Waals surface area contributed by atoms with Crippen LogP contribution < -0.4 is 4.74 Å². The molecule has 0 spiro atoms. The molecular weight excluding hydrogens is 400 g/mol. The number of aromatic nitrogens is 1. The highest BCUT2D eigenvalue weighted by molar-refractivity contribution is 6.32. The number of halogens is 1. The zero-order valence-corrected chi connectivity index (χ0v) is 17.3. The molecule has 30 heavy (non-hydrogen) atoms. The Kier molecular flexibility index (Phi) is 6.62. The predicted octanol–water partition coefficient (Wildman–Crippen LogP) is 4.75. The number of carbonyl (C=O) groups is 1. The molecule has 5 nitrogen and oxygen atoms in total. The van der Waals surface area contributed by atoms with Gasteiger partial charge in [0.2, 0.25) is 5.88 Å². The van der Waals surface area contributed by atoms with Crippen LogP contribution in [-0.4, -0.2) is 35.1 Å². The molecular formula is C24H23ClN2O3. The van der Waals surface area contributed by atoms with E-state index in [1.165, 1.54) is 6.20 Å². The molecule has 6 heteroatoms. The second kappa shape index (κ2) is 9.74. The largest absolute Gasteiger partial charge is 0.471 e. The summed E-state index contributed by atoms with van der Waals surface area (Å²) in [6, 6.07) is 21.5. The average molecular weight is 423 g/mol. The van der Waals surface area contributed by atoms with Gasteiger partial charge in [0, 0.05) is 25.7 Å². The van der Waals surface area contributed by atoms with Crippen LogP contribution in [0.15, 0.2) is 72.9 Å². The minimum absolute atomic E-state index is 0.0517. The quantitative estimate of drug-likeness (QED) is 0.551. The second-order valence-corrected chi connectivity index (χ2v) is 7.65. The third-order valence-electron chi connectivity index (χ3n) is 4.94. The van der Waals surface area contributed by atoms with E-state index in [1.54, 1.807) is 11.0 Å². The Hall–Kier alpha value is -2.89. The van der Waals surface area contributed by atoms with Gasteiger partial charge in [-0.25, -0.2) is 4.98 Å². The molecule has 0 N–H and O–H groups in total. The number of carbonyl (C=O) groups excluding carboxylic acids is 1. The number of amides is 1. The number of rotatable bonds is 7. The van der Waals surface area contributed by atoms with Crippen LogP contribution in [0.1, 0.15) is 27.9 Å². The van der Waals surface area contributed by atoms with Crippen LogP contribution in [-0.2, 0) is 17.8 Å². The zero-order chi connectivity index (χ0) is 20.8. The summed E-state index contributed by atoms with van der Waals surface area (Å²) >= 11 is 6.38. The van der Waals surface area contributed by atoms with Crippen LogP contribution in [0.4, 0.5) is 0 Å². The van der Waals surface area contributed by atoms with Crippen molar-refractivity contribution in [3.8, 4) is 5.88 Å². The van der Waals surface area contributed by atoms with Crippen molar-refractivity contribution in [2.75, 3.05) is 13.2 Å². The van der Waals surface area contributed by atoms with Crippen molar-refractivity contribution in [3.63, 3.8) is 0 Å². The van der Waals surface area contributed by atoms with Gasteiger partial charge >= 0.3 is 0 Å². The molecule has 0 bridgehead atoms. The van der Waals surface area contributed by atoms with Gasteiger partial charge in [-0.05, 0) is 17.2 Å². The van der Waals surface area contributed by atoms with Crippen molar-refractivity contribution in [3.05, 3.63) is 94.6 Å². The van der Waals surface area contributed by atoms with Crippen LogP contribution in [0.25, 0.3) is 0 Å². The molecule has 154 valence electrons. The highest BCUT2D eigenvalue weighted by Gasteiger charge is 2.22. The van der Waals surface area contributed by atoms with Gasteiger partial charge in [0.1, 0.15) is 11.1 Å². The molecule has 1 aromatic heterocycles. The minimum atomic E-state index is -0.132. The minimum Gasteiger partial charge on any atom is -0.471 e. The van der Waals surface area contributed by atoms with Gasteiger partial charge < -0.3 is 14.4 Å². The molecule has 1 saturated heterocycles. The highest BCUT2D eigenvalue weighted by atomic mass is 35.5. The number of benzene rings is 2. The Labute approximate surface area is 181 Å². The van der Waals surface area contributed by atoms with E-state index in [4.69, 9.17) is 21.1 Å². The molecule has 0 radical (unpaired) electrons. The molecule has 1 aliphatic heterocycles. The zero-order valence-electron chi connectivity index (χ0n) is 16.5. The molecule has 2 aromatic carbocycles. The van der Waals surface area contributed by atoms with E-state index in [0.717, 1.165) is 17.5 Å². The van der Waals surface area contributed by atoms with E-state index in [2.05, 4.69) is 4.98 Å². The molecule has 0 saturated carbocycles. The summed E-state index contributed by atoms with van der Waals surface area (Å²) in [4.78, 5) is 19.4. The Morgan fingerprint density at radius 1 is 1.07 bits per heavy atom. The first kappa shape index (κ1) is 20.4. The molecule has 0 aliphatic carbocycles. The molecule has 1 unspecified atom stereocenters. The first-order chi connectivity index (χ1) is 14.7. The van der Waals surface area contributed by atoms with E-state index >= 15 is 0 Å². The first-order valence-corrected chi connectivity index (χ1v) is 10.3. The summed E-state index contributed by atoms with van der Waals surface area (Å²) in [7, 11) is 0. The molecule has 1 fully saturated rings. The standard InChI is InChI=1S/C24H23ClN2O3/c25-22-13-20(14-26-23(22)30-21-11-12-29-17-21)24(28)27(15-18-7-3-1-4-8-18)16-19-9-5-2-6-10-19/h1-10,13-14,21H,11-12,15-17H2. The van der Waals surface area contributed by atoms with Gasteiger partial charge in [-0.3, -0.25) is 4.79 Å². The number of nitrogens with zero attached hydrogens (tertiary/aromatic N) is 2. The van der Waals surface area contributed by atoms with Gasteiger partial charge in [-0.2, -0.15) is 0 Å². The van der Waals surface area contributed by atoms with E-state index in [0.29, 0.717) is 42.8 Å². The van der Waals surface area contributed by atoms with Crippen LogP contribution in [0, 0.1) is 0 Å². The molecule has 2 heterocycles. The lowest BCUT2D eigenvalue weighted by Crippen LogP contribution is -2.30. The fraction of sp³-hybridized carbons (Fsp3) is 0.250. The summed E-state index contributed by atoms with van der Waals surface area (Å²) in [5.74, 6) is 0.203. The Morgan fingerprint density at radius 2 is 1.70 bits per heavy atom. The summed E-state index contributed by atoms with van der Waals surface area (Å²) < 4.78 is 11.1. The van der Waals surface area contributed by atoms with Crippen LogP contribution in [0.3, 0.4) is 0 Å². The number of hydrogen-bond donors (Lipinski definition) is 0. The first-order valence-electron chi connectivity index (χ1n) is 9.96. The van der Waals surface area contributed by atoms with Crippen molar-refractivity contribution in [2.45, 2.75) is 25.6 Å². The fourth-order valence-electron chi connectivity index (χ4n) is 3.38. The summed E-state index contributed by atoms with van der Waals surface area (Å²) in [5, 5.41) is 0.326. The van der Waals surface area contributed by atoms with Crippen molar-refractivity contribution in [2.24, 2.45) is 0 Å². The molecule has 4 rings (SSSR count). The maximum Gasteiger partial charge on any atom is 0.256 e. The van der Waals surface area contributed by atoms with Crippen LogP contribution in [0.2, 0.25) is 5.02 Å². The monoisotopic (exact) mass is 422 g/mol. The lowest BCUT2D eigenvalue weighted by atomic mass is 10.1. The van der Waals surface area contributed by atoms with Gasteiger partial charge in [-0.1, -0.05) is 72.3 Å². The Bertz CT molecular complexity index is 935. The van der Waals surface area contributed by atoms with E-state index in [9.17, 15) is 4.79 Å². The van der Waals surface area contributed by atoms with Gasteiger partial charge in [-0.15, -0.1) is 0 Å². The smallest absolute Gasteiger partial charge is 0.256 e. The van der Waals surface area contributed by atoms with Crippen LogP contribution >= 0.6 is 11.6 Å². The van der Waals surface area contributed by atoms with Crippen molar-refractivity contribution in [1.29, 1.82) is 0 Å². The topological polar surface area (TPSA) is 51.7 Å². The maximum atomic E-state index is 13.3. The van der Waals surface area contributed by atoms with Gasteiger partial charge in [0.15, 0.2) is 0 Å². The van der Waals surface area contributed by atoms with Crippen LogP contribution in [0.5, 0.6) is 5.88 Å². The summed E-state index contributed by atoms with van der Waals surface area (Å²) in [6.45, 7) is 2.18. The van der Waals surface area contributed by atoms with Crippen molar-refractivity contribution >= 4 is 17.5 Å². The third kappa shape index (κ3) is 5.17. The van der Waals surface area contributed by atoms with Gasteiger partial charge in [0.05, 0.1) is 18.8 Å². The molecule has 1 atom stereocenters. The normalized spacial score (nSPS) is 15.7. The lowest BCUT2D eigenvalue weighted by Gasteiger charge is -2.23.